The van der Waals surface area contributed by atoms with E-state index in [9.17, 15) is 0 Å². The van der Waals surface area contributed by atoms with Crippen LogP contribution in [0.15, 0.2) is 30.3 Å². The summed E-state index contributed by atoms with van der Waals surface area (Å²) < 4.78 is -0.134. The molecular weight excluding hydrogens is 445 g/mol. The predicted octanol–water partition coefficient (Wildman–Crippen LogP) is 6.66. The van der Waals surface area contributed by atoms with Crippen molar-refractivity contribution in [3.8, 4) is 0 Å². The zero-order chi connectivity index (χ0) is 22.1. The van der Waals surface area contributed by atoms with E-state index >= 15 is 0 Å². The van der Waals surface area contributed by atoms with Gasteiger partial charge in [0.25, 0.3) is 4.46 Å². The number of nitrogens with zero attached hydrogens (tertiary/aromatic N) is 1. The second kappa shape index (κ2) is 18.5. The Hall–Kier alpha value is 0.0500. The van der Waals surface area contributed by atoms with E-state index in [1.807, 2.05) is 6.07 Å². The molecule has 0 atom stereocenters. The van der Waals surface area contributed by atoms with Gasteiger partial charge in [-0.15, -0.1) is 0 Å². The van der Waals surface area contributed by atoms with Gasteiger partial charge in [-0.2, -0.15) is 0 Å². The summed E-state index contributed by atoms with van der Waals surface area (Å²) >= 11 is 13.5. The molecule has 1 nitrogen and oxygen atoms in total. The number of unbranched alkanes of at least 4 members (excludes halogenated alkanes) is 14. The van der Waals surface area contributed by atoms with Crippen LogP contribution in [-0.2, 0) is 6.54 Å². The Labute approximate surface area is 210 Å². The van der Waals surface area contributed by atoms with Crippen molar-refractivity contribution in [1.29, 1.82) is 0 Å². The van der Waals surface area contributed by atoms with Gasteiger partial charge >= 0.3 is 0 Å². The summed E-state index contributed by atoms with van der Waals surface area (Å²) in [6.07, 6.45) is 21.5. The zero-order valence-corrected chi connectivity index (χ0v) is 22.8. The van der Waals surface area contributed by atoms with Crippen LogP contribution < -0.4 is 12.4 Å². The number of hydrogen-bond acceptors (Lipinski definition) is 0. The lowest BCUT2D eigenvalue weighted by molar-refractivity contribution is -0.926. The molecule has 0 N–H and O–H groups in total. The minimum absolute atomic E-state index is 0. The molecule has 0 spiro atoms. The number of rotatable bonds is 19. The van der Waals surface area contributed by atoms with Gasteiger partial charge in [0.1, 0.15) is 6.54 Å². The maximum absolute atomic E-state index is 6.77. The predicted molar refractivity (Wildman–Crippen MR) is 136 cm³/mol. The first-order chi connectivity index (χ1) is 14.4. The third-order valence-electron chi connectivity index (χ3n) is 6.39. The van der Waals surface area contributed by atoms with Crippen LogP contribution in [0.5, 0.6) is 0 Å². The number of halogens is 3. The molecule has 1 aromatic rings. The van der Waals surface area contributed by atoms with Gasteiger partial charge in [0.15, 0.2) is 0 Å². The molecule has 4 heteroatoms. The van der Waals surface area contributed by atoms with Gasteiger partial charge in [-0.05, 0) is 29.6 Å². The Bertz CT molecular complexity index is 516. The van der Waals surface area contributed by atoms with Crippen molar-refractivity contribution in [2.24, 2.45) is 0 Å². The molecule has 0 radical (unpaired) electrons. The first-order valence-corrected chi connectivity index (χ1v) is 13.4. The number of alkyl halides is 2. The van der Waals surface area contributed by atoms with Crippen molar-refractivity contribution in [1.82, 2.24) is 0 Å². The van der Waals surface area contributed by atoms with E-state index in [0.717, 1.165) is 19.4 Å². The molecular formula is C27H48Cl3N. The van der Waals surface area contributed by atoms with Crippen molar-refractivity contribution in [3.63, 3.8) is 0 Å². The summed E-state index contributed by atoms with van der Waals surface area (Å²) in [5.41, 5.74) is 1.28. The van der Waals surface area contributed by atoms with Crippen LogP contribution in [0.25, 0.3) is 0 Å². The normalized spacial score (nSPS) is 12.0. The molecule has 0 aromatic heterocycles. The summed E-state index contributed by atoms with van der Waals surface area (Å²) in [6, 6.07) is 10.5. The van der Waals surface area contributed by atoms with Crippen molar-refractivity contribution < 1.29 is 16.9 Å². The molecule has 0 saturated heterocycles. The van der Waals surface area contributed by atoms with E-state index in [-0.39, 0.29) is 12.4 Å². The molecule has 0 unspecified atom stereocenters. The minimum atomic E-state index is -0.730. The van der Waals surface area contributed by atoms with Gasteiger partial charge in [0, 0.05) is 12.0 Å². The third-order valence-corrected chi connectivity index (χ3v) is 7.68. The molecule has 0 saturated carbocycles. The lowest BCUT2D eigenvalue weighted by Crippen LogP contribution is -3.00. The quantitative estimate of drug-likeness (QED) is 0.0876. The Morgan fingerprint density at radius 1 is 0.645 bits per heavy atom. The molecule has 0 bridgehead atoms. The number of benzene rings is 1. The van der Waals surface area contributed by atoms with Crippen molar-refractivity contribution >= 4 is 23.2 Å². The molecule has 182 valence electrons. The topological polar surface area (TPSA) is 0 Å². The lowest BCUT2D eigenvalue weighted by Gasteiger charge is -2.40. The Balaban J connectivity index is 0.00000900. The standard InChI is InChI=1S/C27H48Cl2N.ClH/c1-4-5-6-7-8-9-10-11-12-13-14-15-16-17-21-24-27(28,29)30(2,3)25-26-22-19-18-20-23-26;/h18-20,22-23H,4-17,21,24-25H2,1-3H3;1H/q+1;/p-1. The summed E-state index contributed by atoms with van der Waals surface area (Å²) in [4.78, 5) is 0. The van der Waals surface area contributed by atoms with Crippen molar-refractivity contribution in [3.05, 3.63) is 35.9 Å². The van der Waals surface area contributed by atoms with Crippen LogP contribution in [0.2, 0.25) is 0 Å². The molecule has 1 aromatic carbocycles. The highest BCUT2D eigenvalue weighted by Crippen LogP contribution is 2.37. The smallest absolute Gasteiger partial charge is 0.250 e. The number of hydrogen-bond donors (Lipinski definition) is 0. The molecule has 31 heavy (non-hydrogen) atoms. The van der Waals surface area contributed by atoms with Crippen LogP contribution in [0.3, 0.4) is 0 Å². The molecule has 0 aliphatic rings. The van der Waals surface area contributed by atoms with Crippen molar-refractivity contribution in [2.75, 3.05) is 14.1 Å². The zero-order valence-electron chi connectivity index (χ0n) is 20.5. The lowest BCUT2D eigenvalue weighted by atomic mass is 10.0. The third kappa shape index (κ3) is 14.7. The van der Waals surface area contributed by atoms with Crippen LogP contribution in [0, 0.1) is 0 Å². The first kappa shape index (κ1) is 31.0. The SMILES string of the molecule is CCCCCCCCCCCCCCCCCC(Cl)(Cl)[N+](C)(C)Cc1ccccc1.[Cl-]. The largest absolute Gasteiger partial charge is 1.00 e. The van der Waals surface area contributed by atoms with E-state index in [2.05, 4.69) is 45.3 Å². The van der Waals surface area contributed by atoms with Gasteiger partial charge in [0.2, 0.25) is 0 Å². The molecule has 0 aliphatic carbocycles. The summed E-state index contributed by atoms with van der Waals surface area (Å²) in [5.74, 6) is 0. The van der Waals surface area contributed by atoms with Gasteiger partial charge in [-0.3, -0.25) is 4.48 Å². The number of quaternary nitrogens is 1. The highest BCUT2D eigenvalue weighted by Gasteiger charge is 2.41. The maximum atomic E-state index is 6.77. The molecule has 0 aliphatic heterocycles. The average molecular weight is 493 g/mol. The average Bonchev–Trinajstić information content (AvgIpc) is 2.71. The molecule has 0 fully saturated rings. The van der Waals surface area contributed by atoms with Gasteiger partial charge < -0.3 is 12.4 Å². The fourth-order valence-electron chi connectivity index (χ4n) is 4.17. The second-order valence-electron chi connectivity index (χ2n) is 9.69. The van der Waals surface area contributed by atoms with E-state index < -0.39 is 4.46 Å². The van der Waals surface area contributed by atoms with Crippen molar-refractivity contribution in [2.45, 2.75) is 121 Å². The van der Waals surface area contributed by atoms with Crippen LogP contribution in [0.1, 0.15) is 115 Å². The van der Waals surface area contributed by atoms with Gasteiger partial charge in [0.05, 0.1) is 14.1 Å². The summed E-state index contributed by atoms with van der Waals surface area (Å²) in [5, 5.41) is 0. The monoisotopic (exact) mass is 491 g/mol. The van der Waals surface area contributed by atoms with Gasteiger partial charge in [-0.1, -0.05) is 127 Å². The fraction of sp³-hybridized carbons (Fsp3) is 0.778. The maximum Gasteiger partial charge on any atom is 0.250 e. The molecule has 1 rings (SSSR count). The van der Waals surface area contributed by atoms with E-state index in [4.69, 9.17) is 23.2 Å². The fourth-order valence-corrected chi connectivity index (χ4v) is 4.55. The summed E-state index contributed by atoms with van der Waals surface area (Å²) in [6.45, 7) is 3.14. The molecule has 0 heterocycles. The Morgan fingerprint density at radius 3 is 1.45 bits per heavy atom. The first-order valence-electron chi connectivity index (χ1n) is 12.6. The van der Waals surface area contributed by atoms with Crippen LogP contribution in [-0.4, -0.2) is 23.0 Å². The van der Waals surface area contributed by atoms with Gasteiger partial charge in [-0.25, -0.2) is 0 Å². The van der Waals surface area contributed by atoms with Crippen LogP contribution in [0.4, 0.5) is 0 Å². The van der Waals surface area contributed by atoms with E-state index in [1.165, 1.54) is 95.5 Å². The second-order valence-corrected chi connectivity index (χ2v) is 11.1. The molecule has 0 amide bonds. The minimum Gasteiger partial charge on any atom is -1.00 e. The highest BCUT2D eigenvalue weighted by molar-refractivity contribution is 6.47. The Morgan fingerprint density at radius 2 is 1.03 bits per heavy atom. The summed E-state index contributed by atoms with van der Waals surface area (Å²) in [7, 11) is 4.27. The van der Waals surface area contributed by atoms with Crippen LogP contribution >= 0.6 is 23.2 Å². The Kier molecular flexibility index (Phi) is 18.5. The van der Waals surface area contributed by atoms with E-state index in [1.54, 1.807) is 0 Å². The van der Waals surface area contributed by atoms with E-state index in [0.29, 0.717) is 4.48 Å². The highest BCUT2D eigenvalue weighted by atomic mass is 35.5.